The van der Waals surface area contributed by atoms with E-state index in [0.717, 1.165) is 32.2 Å². The van der Waals surface area contributed by atoms with Crippen molar-refractivity contribution in [2.45, 2.75) is 0 Å². The number of ether oxygens (including phenoxy) is 3. The second-order valence-corrected chi connectivity index (χ2v) is 6.77. The maximum Gasteiger partial charge on any atom is 0.124 e. The highest BCUT2D eigenvalue weighted by molar-refractivity contribution is 7.21. The van der Waals surface area contributed by atoms with Gasteiger partial charge in [-0.25, -0.2) is 9.37 Å². The molecule has 1 heterocycles. The van der Waals surface area contributed by atoms with Crippen molar-refractivity contribution in [1.82, 2.24) is 4.98 Å². The quantitative estimate of drug-likeness (QED) is 0.492. The van der Waals surface area contributed by atoms with Gasteiger partial charge in [-0.15, -0.1) is 11.3 Å². The number of hydrogen-bond donors (Lipinski definition) is 1. The van der Waals surface area contributed by atoms with Gasteiger partial charge in [-0.3, -0.25) is 0 Å². The Hall–Kier alpha value is -2.22. The van der Waals surface area contributed by atoms with E-state index in [1.807, 2.05) is 37.4 Å². The molecule has 2 aromatic carbocycles. The van der Waals surface area contributed by atoms with Crippen molar-refractivity contribution in [3.8, 4) is 16.3 Å². The molecule has 3 aromatic rings. The standard InChI is InChI=1S/C20H23FN2O3S/c1-22-16-4-2-15(3-5-16)20-23-18-7-6-17(14-19(18)27-20)26-13-12-25-11-10-24-9-8-21/h2-7,14,22H,8-13H2,1H3. The van der Waals surface area contributed by atoms with Gasteiger partial charge >= 0.3 is 0 Å². The van der Waals surface area contributed by atoms with Crippen LogP contribution in [0.3, 0.4) is 0 Å². The van der Waals surface area contributed by atoms with Gasteiger partial charge in [-0.05, 0) is 42.5 Å². The zero-order valence-electron chi connectivity index (χ0n) is 15.2. The van der Waals surface area contributed by atoms with Crippen LogP contribution in [0.4, 0.5) is 10.1 Å². The summed E-state index contributed by atoms with van der Waals surface area (Å²) in [5, 5.41) is 4.10. The Kier molecular flexibility index (Phi) is 7.38. The van der Waals surface area contributed by atoms with Crippen molar-refractivity contribution in [2.24, 2.45) is 0 Å². The van der Waals surface area contributed by atoms with Gasteiger partial charge < -0.3 is 19.5 Å². The van der Waals surface area contributed by atoms with Crippen LogP contribution in [0.25, 0.3) is 20.8 Å². The largest absolute Gasteiger partial charge is 0.491 e. The van der Waals surface area contributed by atoms with Crippen LogP contribution in [0.15, 0.2) is 42.5 Å². The third-order valence-electron chi connectivity index (χ3n) is 3.87. The molecule has 0 aliphatic heterocycles. The molecule has 0 aliphatic carbocycles. The fraction of sp³-hybridized carbons (Fsp3) is 0.350. The van der Waals surface area contributed by atoms with Gasteiger partial charge in [-0.1, -0.05) is 0 Å². The first-order valence-electron chi connectivity index (χ1n) is 8.83. The summed E-state index contributed by atoms with van der Waals surface area (Å²) in [7, 11) is 1.90. The lowest BCUT2D eigenvalue weighted by Gasteiger charge is -2.07. The zero-order chi connectivity index (χ0) is 18.9. The average Bonchev–Trinajstić information content (AvgIpc) is 3.13. The van der Waals surface area contributed by atoms with E-state index in [-0.39, 0.29) is 6.61 Å². The fourth-order valence-electron chi connectivity index (χ4n) is 2.49. The third kappa shape index (κ3) is 5.63. The first-order chi connectivity index (χ1) is 13.3. The highest BCUT2D eigenvalue weighted by Crippen LogP contribution is 2.32. The fourth-order valence-corrected chi connectivity index (χ4v) is 3.49. The highest BCUT2D eigenvalue weighted by atomic mass is 32.1. The number of aromatic nitrogens is 1. The number of nitrogens with one attached hydrogen (secondary N) is 1. The monoisotopic (exact) mass is 390 g/mol. The molecule has 0 aliphatic rings. The Morgan fingerprint density at radius 2 is 1.70 bits per heavy atom. The molecule has 0 amide bonds. The van der Waals surface area contributed by atoms with E-state index in [1.165, 1.54) is 0 Å². The van der Waals surface area contributed by atoms with E-state index >= 15 is 0 Å². The Balaban J connectivity index is 1.52. The smallest absolute Gasteiger partial charge is 0.124 e. The van der Waals surface area contributed by atoms with Crippen molar-refractivity contribution < 1.29 is 18.6 Å². The van der Waals surface area contributed by atoms with Crippen molar-refractivity contribution in [1.29, 1.82) is 0 Å². The molecule has 0 atom stereocenters. The second kappa shape index (κ2) is 10.2. The van der Waals surface area contributed by atoms with Crippen LogP contribution in [0.5, 0.6) is 5.75 Å². The predicted octanol–water partition coefficient (Wildman–Crippen LogP) is 4.39. The van der Waals surface area contributed by atoms with Crippen LogP contribution in [0, 0.1) is 0 Å². The molecule has 27 heavy (non-hydrogen) atoms. The molecule has 5 nitrogen and oxygen atoms in total. The van der Waals surface area contributed by atoms with Gasteiger partial charge in [0, 0.05) is 18.3 Å². The average molecular weight is 390 g/mol. The zero-order valence-corrected chi connectivity index (χ0v) is 16.1. The molecule has 144 valence electrons. The summed E-state index contributed by atoms with van der Waals surface area (Å²) in [5.41, 5.74) is 3.13. The number of hydrogen-bond acceptors (Lipinski definition) is 6. The molecule has 0 radical (unpaired) electrons. The lowest BCUT2D eigenvalue weighted by atomic mass is 10.2. The number of halogens is 1. The summed E-state index contributed by atoms with van der Waals surface area (Å²) < 4.78 is 29.1. The van der Waals surface area contributed by atoms with Gasteiger partial charge in [0.15, 0.2) is 0 Å². The normalized spacial score (nSPS) is 11.0. The number of thiazole rings is 1. The van der Waals surface area contributed by atoms with Crippen LogP contribution >= 0.6 is 11.3 Å². The Labute approximate surface area is 162 Å². The van der Waals surface area contributed by atoms with Gasteiger partial charge in [0.1, 0.15) is 24.0 Å². The molecule has 0 unspecified atom stereocenters. The topological polar surface area (TPSA) is 52.6 Å². The third-order valence-corrected chi connectivity index (χ3v) is 4.94. The number of rotatable bonds is 11. The highest BCUT2D eigenvalue weighted by Gasteiger charge is 2.07. The maximum absolute atomic E-state index is 11.9. The van der Waals surface area contributed by atoms with Crippen LogP contribution in [-0.4, -0.2) is 51.7 Å². The summed E-state index contributed by atoms with van der Waals surface area (Å²) in [5.74, 6) is 0.792. The molecule has 0 saturated carbocycles. The van der Waals surface area contributed by atoms with Crippen LogP contribution in [0.2, 0.25) is 0 Å². The van der Waals surface area contributed by atoms with Crippen LogP contribution in [0.1, 0.15) is 0 Å². The summed E-state index contributed by atoms with van der Waals surface area (Å²) in [6.45, 7) is 1.40. The molecule has 7 heteroatoms. The molecule has 3 rings (SSSR count). The summed E-state index contributed by atoms with van der Waals surface area (Å²) in [4.78, 5) is 4.70. The van der Waals surface area contributed by atoms with Crippen molar-refractivity contribution >= 4 is 27.2 Å². The van der Waals surface area contributed by atoms with E-state index in [9.17, 15) is 4.39 Å². The maximum atomic E-state index is 11.9. The van der Waals surface area contributed by atoms with Gasteiger partial charge in [-0.2, -0.15) is 0 Å². The molecule has 1 N–H and O–H groups in total. The minimum Gasteiger partial charge on any atom is -0.491 e. The minimum absolute atomic E-state index is 0.121. The molecule has 0 bridgehead atoms. The first-order valence-corrected chi connectivity index (χ1v) is 9.65. The molecular formula is C20H23FN2O3S. The van der Waals surface area contributed by atoms with Gasteiger partial charge in [0.2, 0.25) is 0 Å². The van der Waals surface area contributed by atoms with Crippen molar-refractivity contribution in [3.05, 3.63) is 42.5 Å². The Morgan fingerprint density at radius 3 is 2.44 bits per heavy atom. The molecule has 0 spiro atoms. The van der Waals surface area contributed by atoms with E-state index in [2.05, 4.69) is 17.4 Å². The lowest BCUT2D eigenvalue weighted by molar-refractivity contribution is 0.0325. The summed E-state index contributed by atoms with van der Waals surface area (Å²) >= 11 is 1.64. The molecule has 0 fully saturated rings. The van der Waals surface area contributed by atoms with Crippen molar-refractivity contribution in [3.63, 3.8) is 0 Å². The van der Waals surface area contributed by atoms with Gasteiger partial charge in [0.05, 0.1) is 36.6 Å². The van der Waals surface area contributed by atoms with Gasteiger partial charge in [0.25, 0.3) is 0 Å². The van der Waals surface area contributed by atoms with E-state index in [4.69, 9.17) is 19.2 Å². The minimum atomic E-state index is -0.466. The lowest BCUT2D eigenvalue weighted by Crippen LogP contribution is -2.11. The second-order valence-electron chi connectivity index (χ2n) is 5.74. The summed E-state index contributed by atoms with van der Waals surface area (Å²) in [6, 6.07) is 14.1. The van der Waals surface area contributed by atoms with E-state index < -0.39 is 6.67 Å². The molecular weight excluding hydrogens is 367 g/mol. The van der Waals surface area contributed by atoms with E-state index in [1.54, 1.807) is 11.3 Å². The summed E-state index contributed by atoms with van der Waals surface area (Å²) in [6.07, 6.45) is 0. The number of alkyl halides is 1. The number of anilines is 1. The molecule has 1 aromatic heterocycles. The number of benzene rings is 2. The first kappa shape index (κ1) is 19.5. The number of nitrogens with zero attached hydrogens (tertiary/aromatic N) is 1. The Bertz CT molecular complexity index is 839. The number of fused-ring (bicyclic) bond motifs is 1. The Morgan fingerprint density at radius 1 is 0.963 bits per heavy atom. The van der Waals surface area contributed by atoms with Crippen molar-refractivity contribution in [2.75, 3.05) is 52.1 Å². The van der Waals surface area contributed by atoms with E-state index in [0.29, 0.717) is 26.4 Å². The van der Waals surface area contributed by atoms with Crippen LogP contribution in [-0.2, 0) is 9.47 Å². The SMILES string of the molecule is CNc1ccc(-c2nc3ccc(OCCOCCOCCF)cc3s2)cc1. The predicted molar refractivity (Wildman–Crippen MR) is 108 cm³/mol. The van der Waals surface area contributed by atoms with Crippen LogP contribution < -0.4 is 10.1 Å². The molecule has 0 saturated heterocycles.